The second-order valence-electron chi connectivity index (χ2n) is 6.60. The zero-order chi connectivity index (χ0) is 22.4. The Morgan fingerprint density at radius 1 is 1.23 bits per heavy atom. The molecule has 10 heteroatoms. The first-order valence-corrected chi connectivity index (χ1v) is 12.8. The van der Waals surface area contributed by atoms with Crippen LogP contribution in [0.1, 0.15) is 23.0 Å². The number of nitrogens with zero attached hydrogens (tertiary/aromatic N) is 2. The molecule has 0 spiro atoms. The van der Waals surface area contributed by atoms with Gasteiger partial charge in [-0.25, -0.2) is 17.7 Å². The molecule has 0 atom stereocenters. The number of nitrogens with one attached hydrogen (secondary N) is 1. The third kappa shape index (κ3) is 5.65. The Morgan fingerprint density at radius 3 is 2.68 bits per heavy atom. The van der Waals surface area contributed by atoms with E-state index in [0.717, 1.165) is 14.9 Å². The molecule has 0 unspecified atom stereocenters. The van der Waals surface area contributed by atoms with Gasteiger partial charge in [0.25, 0.3) is 5.91 Å². The third-order valence-corrected chi connectivity index (χ3v) is 7.83. The molecule has 0 saturated heterocycles. The molecule has 0 aliphatic carbocycles. The van der Waals surface area contributed by atoms with Gasteiger partial charge in [-0.05, 0) is 37.3 Å². The Balaban J connectivity index is 1.85. The molecule has 1 heterocycles. The highest BCUT2D eigenvalue weighted by Gasteiger charge is 2.23. The maximum Gasteiger partial charge on any atom is 0.256 e. The summed E-state index contributed by atoms with van der Waals surface area (Å²) in [6.07, 6.45) is 0. The van der Waals surface area contributed by atoms with Gasteiger partial charge in [-0.15, -0.1) is 23.1 Å². The fourth-order valence-corrected chi connectivity index (χ4v) is 5.36. The van der Waals surface area contributed by atoms with Crippen molar-refractivity contribution in [3.63, 3.8) is 0 Å². The van der Waals surface area contributed by atoms with Gasteiger partial charge in [0, 0.05) is 35.8 Å². The van der Waals surface area contributed by atoms with Crippen molar-refractivity contribution in [2.75, 3.05) is 26.0 Å². The van der Waals surface area contributed by atoms with Crippen LogP contribution >= 0.6 is 23.1 Å². The number of thiazole rings is 1. The van der Waals surface area contributed by atoms with E-state index in [-0.39, 0.29) is 16.6 Å². The molecule has 31 heavy (non-hydrogen) atoms. The molecule has 0 aliphatic heterocycles. The van der Waals surface area contributed by atoms with Crippen LogP contribution in [0, 0.1) is 0 Å². The number of rotatable bonds is 9. The molecule has 0 fully saturated rings. The van der Waals surface area contributed by atoms with Crippen LogP contribution in [-0.2, 0) is 15.8 Å². The summed E-state index contributed by atoms with van der Waals surface area (Å²) in [7, 11) is -0.847. The van der Waals surface area contributed by atoms with Crippen molar-refractivity contribution in [1.29, 1.82) is 0 Å². The summed E-state index contributed by atoms with van der Waals surface area (Å²) in [4.78, 5) is 18.1. The molecule has 0 radical (unpaired) electrons. The van der Waals surface area contributed by atoms with Crippen LogP contribution < -0.4 is 10.1 Å². The Labute approximate surface area is 190 Å². The standard InChI is InChI=1S/C21H23N3O4S3/c1-4-28-18-10-9-15(11-20(18)31(26,27)24(2)3)23-21(25)17-7-5-6-8-19(17)30-13-16-12-29-14-22-16/h5-12,14H,4,13H2,1-3H3,(H,23,25). The minimum atomic E-state index is -3.75. The number of hydrogen-bond acceptors (Lipinski definition) is 7. The highest BCUT2D eigenvalue weighted by Crippen LogP contribution is 2.31. The van der Waals surface area contributed by atoms with E-state index in [0.29, 0.717) is 23.6 Å². The van der Waals surface area contributed by atoms with E-state index in [9.17, 15) is 13.2 Å². The fraction of sp³-hybridized carbons (Fsp3) is 0.238. The largest absolute Gasteiger partial charge is 0.492 e. The lowest BCUT2D eigenvalue weighted by atomic mass is 10.2. The van der Waals surface area contributed by atoms with Gasteiger partial charge in [-0.2, -0.15) is 0 Å². The van der Waals surface area contributed by atoms with Crippen molar-refractivity contribution in [3.8, 4) is 5.75 Å². The molecule has 3 aromatic rings. The summed E-state index contributed by atoms with van der Waals surface area (Å²) < 4.78 is 32.0. The van der Waals surface area contributed by atoms with Gasteiger partial charge >= 0.3 is 0 Å². The lowest BCUT2D eigenvalue weighted by molar-refractivity contribution is 0.102. The quantitative estimate of drug-likeness (QED) is 0.461. The van der Waals surface area contributed by atoms with E-state index < -0.39 is 10.0 Å². The predicted octanol–water partition coefficient (Wildman–Crippen LogP) is 4.34. The molecule has 1 amide bonds. The van der Waals surface area contributed by atoms with E-state index in [1.165, 1.54) is 43.3 Å². The summed E-state index contributed by atoms with van der Waals surface area (Å²) in [6, 6.07) is 11.9. The smallest absolute Gasteiger partial charge is 0.256 e. The van der Waals surface area contributed by atoms with Crippen molar-refractivity contribution in [2.24, 2.45) is 0 Å². The van der Waals surface area contributed by atoms with Crippen molar-refractivity contribution < 1.29 is 17.9 Å². The maximum atomic E-state index is 13.0. The third-order valence-electron chi connectivity index (χ3n) is 4.25. The number of carbonyl (C=O) groups excluding carboxylic acids is 1. The van der Waals surface area contributed by atoms with Gasteiger partial charge in [0.15, 0.2) is 0 Å². The number of benzene rings is 2. The van der Waals surface area contributed by atoms with Crippen molar-refractivity contribution >= 4 is 44.7 Å². The number of carbonyl (C=O) groups is 1. The molecular formula is C21H23N3O4S3. The SMILES string of the molecule is CCOc1ccc(NC(=O)c2ccccc2SCc2cscn2)cc1S(=O)(=O)N(C)C. The molecule has 2 aromatic carbocycles. The van der Waals surface area contributed by atoms with E-state index in [4.69, 9.17) is 4.74 Å². The molecule has 1 N–H and O–H groups in total. The first-order valence-electron chi connectivity index (χ1n) is 9.42. The maximum absolute atomic E-state index is 13.0. The average molecular weight is 478 g/mol. The summed E-state index contributed by atoms with van der Waals surface area (Å²) >= 11 is 3.06. The second kappa shape index (κ2) is 10.3. The van der Waals surface area contributed by atoms with Gasteiger partial charge in [-0.3, -0.25) is 4.79 Å². The highest BCUT2D eigenvalue weighted by molar-refractivity contribution is 7.98. The topological polar surface area (TPSA) is 88.6 Å². The van der Waals surface area contributed by atoms with Gasteiger partial charge in [0.05, 0.1) is 23.4 Å². The van der Waals surface area contributed by atoms with Crippen molar-refractivity contribution in [2.45, 2.75) is 22.5 Å². The van der Waals surface area contributed by atoms with E-state index >= 15 is 0 Å². The van der Waals surface area contributed by atoms with Crippen LogP contribution in [0.4, 0.5) is 5.69 Å². The van der Waals surface area contributed by atoms with Gasteiger partial charge in [0.1, 0.15) is 10.6 Å². The normalized spacial score (nSPS) is 11.5. The van der Waals surface area contributed by atoms with Gasteiger partial charge in [0.2, 0.25) is 10.0 Å². The number of anilines is 1. The monoisotopic (exact) mass is 477 g/mol. The molecule has 0 bridgehead atoms. The lowest BCUT2D eigenvalue weighted by Gasteiger charge is -2.17. The number of amides is 1. The average Bonchev–Trinajstić information content (AvgIpc) is 3.27. The number of hydrogen-bond donors (Lipinski definition) is 1. The molecule has 0 saturated carbocycles. The molecule has 3 rings (SSSR count). The first kappa shape index (κ1) is 23.3. The summed E-state index contributed by atoms with van der Waals surface area (Å²) in [6.45, 7) is 2.10. The van der Waals surface area contributed by atoms with E-state index in [2.05, 4.69) is 10.3 Å². The minimum Gasteiger partial charge on any atom is -0.492 e. The Morgan fingerprint density at radius 2 is 2.00 bits per heavy atom. The molecular weight excluding hydrogens is 454 g/mol. The zero-order valence-corrected chi connectivity index (χ0v) is 19.8. The molecule has 1 aromatic heterocycles. The molecule has 164 valence electrons. The first-order chi connectivity index (χ1) is 14.8. The number of sulfonamides is 1. The Hall–Kier alpha value is -2.40. The van der Waals surface area contributed by atoms with Crippen LogP contribution in [0.3, 0.4) is 0 Å². The predicted molar refractivity (Wildman–Crippen MR) is 125 cm³/mol. The van der Waals surface area contributed by atoms with E-state index in [1.807, 2.05) is 17.5 Å². The summed E-state index contributed by atoms with van der Waals surface area (Å²) in [5.74, 6) is 0.578. The van der Waals surface area contributed by atoms with Crippen molar-refractivity contribution in [3.05, 3.63) is 64.6 Å². The molecule has 0 aliphatic rings. The van der Waals surface area contributed by atoms with Crippen molar-refractivity contribution in [1.82, 2.24) is 9.29 Å². The molecule has 7 nitrogen and oxygen atoms in total. The van der Waals surface area contributed by atoms with Crippen LogP contribution in [0.5, 0.6) is 5.75 Å². The zero-order valence-electron chi connectivity index (χ0n) is 17.4. The minimum absolute atomic E-state index is 0.00309. The number of ether oxygens (including phenoxy) is 1. The number of thioether (sulfide) groups is 1. The van der Waals surface area contributed by atoms with E-state index in [1.54, 1.807) is 36.7 Å². The lowest BCUT2D eigenvalue weighted by Crippen LogP contribution is -2.23. The summed E-state index contributed by atoms with van der Waals surface area (Å²) in [5.41, 5.74) is 3.61. The Kier molecular flexibility index (Phi) is 7.71. The fourth-order valence-electron chi connectivity index (χ4n) is 2.70. The van der Waals surface area contributed by atoms with Crippen LogP contribution in [0.2, 0.25) is 0 Å². The Bertz CT molecular complexity index is 1150. The van der Waals surface area contributed by atoms with Crippen LogP contribution in [-0.4, -0.2) is 44.3 Å². The number of aromatic nitrogens is 1. The summed E-state index contributed by atoms with van der Waals surface area (Å²) in [5, 5.41) is 4.78. The highest BCUT2D eigenvalue weighted by atomic mass is 32.2. The van der Waals surface area contributed by atoms with Crippen LogP contribution in [0.25, 0.3) is 0 Å². The van der Waals surface area contributed by atoms with Gasteiger partial charge < -0.3 is 10.1 Å². The second-order valence-corrected chi connectivity index (χ2v) is 10.5. The van der Waals surface area contributed by atoms with Crippen LogP contribution in [0.15, 0.2) is 63.1 Å². The van der Waals surface area contributed by atoms with Gasteiger partial charge in [-0.1, -0.05) is 12.1 Å².